The number of rotatable bonds is 7. The van der Waals surface area contributed by atoms with Gasteiger partial charge in [0, 0.05) is 126 Å². The molecule has 27 heteroatoms. The first-order chi connectivity index (χ1) is 44.6. The summed E-state index contributed by atoms with van der Waals surface area (Å²) in [6.07, 6.45) is 30.5. The van der Waals surface area contributed by atoms with Crippen molar-refractivity contribution in [1.82, 2.24) is 57.5 Å². The van der Waals surface area contributed by atoms with Crippen LogP contribution in [-0.4, -0.2) is 150 Å². The normalized spacial score (nSPS) is 29.0. The van der Waals surface area contributed by atoms with Crippen LogP contribution in [-0.2, 0) is 26.3 Å². The number of fused-ring (bicyclic) bond motifs is 8. The molecule has 5 unspecified atom stereocenters. The van der Waals surface area contributed by atoms with E-state index < -0.39 is 0 Å². The summed E-state index contributed by atoms with van der Waals surface area (Å²) in [7, 11) is 19.2. The number of hydrogen-bond acceptors (Lipinski definition) is 17. The zero-order valence-corrected chi connectivity index (χ0v) is 66.3. The van der Waals surface area contributed by atoms with Crippen molar-refractivity contribution in [2.24, 2.45) is 21.5 Å². The molecule has 550 valence electrons. The second-order valence-electron chi connectivity index (χ2n) is 26.5. The van der Waals surface area contributed by atoms with E-state index in [1.165, 1.54) is 179 Å². The number of pyridine rings is 3. The van der Waals surface area contributed by atoms with Crippen LogP contribution in [0.3, 0.4) is 0 Å². The van der Waals surface area contributed by atoms with E-state index in [2.05, 4.69) is 112 Å². The second kappa shape index (κ2) is 52.1. The minimum absolute atomic E-state index is 0. The molecule has 96 heavy (non-hydrogen) atoms. The monoisotopic (exact) mass is 1580 g/mol. The molecule has 14 atom stereocenters. The van der Waals surface area contributed by atoms with Gasteiger partial charge in [-0.2, -0.15) is 0 Å². The number of carbonyl (C=O) groups is 2. The van der Waals surface area contributed by atoms with Gasteiger partial charge in [0.2, 0.25) is 0 Å². The summed E-state index contributed by atoms with van der Waals surface area (Å²) in [6, 6.07) is 23.9. The zero-order chi connectivity index (χ0) is 66.0. The standard InChI is InChI=1S/C23H39N5.C23H35N5.C14H30N4.C9H9NO2.8ClH.2Mn/c2*1-16-18-12-7-13-19(28-18)17(2)27-23-11-6-4-9-21(23)25-15-14-24-20-8-3-5-10-22(20)26-16;15-11-5-1-3-7-13(11)17-9-10-18-14-8-4-2-6-12(14)16;1-6(11)8-4-3-5-9(10-8)7(2)12;;;;;;;;;;/h7,12-13,16-17,20-27H,3-6,8-11,14-15H2,1-2H3;7,12-13,20-25H,3-6,8-11,14-15H2,1-2H3;11-14,17-18H,1-10,15-16H2;3-5H,1-2H3;8*1H;;/q;;;;;;;;;;;;2*+2/p-4/t16-,17-,20?,21?,22+,23+;20?,21?,22-,23-;11-,12-,13-,14?;;;;;;;;;;;/m011.........../s1. The third-order valence-electron chi connectivity index (χ3n) is 19.7. The van der Waals surface area contributed by atoms with Crippen LogP contribution in [0.5, 0.6) is 0 Å². The SMILES string of the molecule is CC(=O)c1cccc(C(C)=O)n1.CC1=N[C@@H]2CCCCC2NCCNC2CCCC[C@H]2N=C(C)c2cccc1n2.C[C@@H]1N[C@@H]2CCCCC2NCCNC2CCCC[C@H]2N[C@@H](C)c2cccc1n2.Cl.Cl.Cl.Cl.N[C@@H]1CCCCC1NCCN[C@@H]1CCCC[C@H]1N.[Cl][Mn][Cl].[Cl][Mn][Cl]. The molecule has 0 aromatic carbocycles. The predicted molar refractivity (Wildman–Crippen MR) is 405 cm³/mol. The Morgan fingerprint density at radius 3 is 1.14 bits per heavy atom. The van der Waals surface area contributed by atoms with E-state index in [1.54, 1.807) is 18.2 Å². The van der Waals surface area contributed by atoms with E-state index >= 15 is 0 Å². The van der Waals surface area contributed by atoms with E-state index in [-0.39, 0.29) is 99.5 Å². The first-order valence-electron chi connectivity index (χ1n) is 34.8. The van der Waals surface area contributed by atoms with Crippen molar-refractivity contribution >= 4 is 113 Å². The van der Waals surface area contributed by atoms with Crippen LogP contribution in [0.2, 0.25) is 0 Å². The van der Waals surface area contributed by atoms with Crippen LogP contribution < -0.4 is 54.0 Å². The molecule has 8 aliphatic rings. The first kappa shape index (κ1) is 91.2. The number of ketones is 2. The number of nitrogens with zero attached hydrogens (tertiary/aromatic N) is 5. The Kier molecular flexibility index (Phi) is 49.5. The first-order valence-corrected chi connectivity index (χ1v) is 41.3. The molecule has 0 amide bonds. The molecule has 12 N–H and O–H groups in total. The molecule has 6 aliphatic carbocycles. The summed E-state index contributed by atoms with van der Waals surface area (Å²) in [5.41, 5.74) is 19.3. The van der Waals surface area contributed by atoms with Crippen LogP contribution in [0.15, 0.2) is 64.6 Å². The van der Waals surface area contributed by atoms with Crippen molar-refractivity contribution < 1.29 is 35.9 Å². The van der Waals surface area contributed by atoms with Crippen LogP contribution in [0.25, 0.3) is 0 Å². The van der Waals surface area contributed by atoms with E-state index in [1.807, 2.05) is 0 Å². The van der Waals surface area contributed by atoms with Crippen LogP contribution in [0, 0.1) is 0 Å². The Labute approximate surface area is 630 Å². The summed E-state index contributed by atoms with van der Waals surface area (Å²) in [4.78, 5) is 45.8. The molecular weight excluding hydrogens is 1460 g/mol. The maximum absolute atomic E-state index is 10.8. The van der Waals surface area contributed by atoms with Gasteiger partial charge in [0.1, 0.15) is 11.4 Å². The van der Waals surface area contributed by atoms with E-state index in [0.29, 0.717) is 83.9 Å². The fourth-order valence-electron chi connectivity index (χ4n) is 14.6. The number of hydrogen-bond donors (Lipinski definition) is 10. The van der Waals surface area contributed by atoms with Gasteiger partial charge in [0.15, 0.2) is 11.6 Å². The number of nitrogens with one attached hydrogen (secondary N) is 8. The molecule has 5 heterocycles. The van der Waals surface area contributed by atoms with E-state index in [4.69, 9.17) is 71.8 Å². The average molecular weight is 1580 g/mol. The van der Waals surface area contributed by atoms with Crippen molar-refractivity contribution in [3.63, 3.8) is 0 Å². The van der Waals surface area contributed by atoms with Crippen LogP contribution >= 0.6 is 90.0 Å². The number of Topliss-reactive ketones (excluding diaryl/α,β-unsaturated/α-hetero) is 2. The van der Waals surface area contributed by atoms with Crippen molar-refractivity contribution in [2.45, 2.75) is 280 Å². The van der Waals surface area contributed by atoms with Gasteiger partial charge >= 0.3 is 66.7 Å². The van der Waals surface area contributed by atoms with Crippen LogP contribution in [0.4, 0.5) is 0 Å². The predicted octanol–water partition coefficient (Wildman–Crippen LogP) is 13.3. The molecule has 11 rings (SSSR count). The third kappa shape index (κ3) is 32.4. The quantitative estimate of drug-likeness (QED) is 0.0601. The summed E-state index contributed by atoms with van der Waals surface area (Å²) in [5.74, 6) is -0.254. The summed E-state index contributed by atoms with van der Waals surface area (Å²) >= 11 is 0.0139. The molecule has 0 saturated heterocycles. The molecule has 17 nitrogen and oxygen atoms in total. The molecule has 3 aromatic heterocycles. The van der Waals surface area contributed by atoms with E-state index in [0.717, 1.165) is 62.1 Å². The minimum atomic E-state index is -0.127. The van der Waals surface area contributed by atoms with Gasteiger partial charge < -0.3 is 54.0 Å². The Hall–Kier alpha value is -0.911. The maximum atomic E-state index is 10.8. The molecule has 6 fully saturated rings. The molecule has 6 saturated carbocycles. The number of halogens is 8. The third-order valence-corrected chi connectivity index (χ3v) is 19.7. The van der Waals surface area contributed by atoms with Gasteiger partial charge in [-0.25, -0.2) is 9.97 Å². The van der Waals surface area contributed by atoms with Gasteiger partial charge in [-0.05, 0) is 141 Å². The van der Waals surface area contributed by atoms with E-state index in [9.17, 15) is 9.59 Å². The summed E-state index contributed by atoms with van der Waals surface area (Å²) < 4.78 is 0. The molecule has 3 aromatic rings. The topological polar surface area (TPSA) is 246 Å². The van der Waals surface area contributed by atoms with Crippen molar-refractivity contribution in [3.05, 3.63) is 88.8 Å². The van der Waals surface area contributed by atoms with Crippen molar-refractivity contribution in [1.29, 1.82) is 0 Å². The second-order valence-corrected chi connectivity index (χ2v) is 30.4. The number of aromatic nitrogens is 3. The fraction of sp³-hybridized carbons (Fsp3) is 0.725. The Balaban J connectivity index is 0.000000434. The van der Waals surface area contributed by atoms with Crippen molar-refractivity contribution in [3.8, 4) is 0 Å². The molecule has 4 bridgehead atoms. The summed E-state index contributed by atoms with van der Waals surface area (Å²) in [5, 5.41) is 30.3. The Bertz CT molecular complexity index is 2510. The number of nitrogens with two attached hydrogens (primary N) is 2. The summed E-state index contributed by atoms with van der Waals surface area (Å²) in [6.45, 7) is 17.8. The fourth-order valence-corrected chi connectivity index (χ4v) is 14.6. The van der Waals surface area contributed by atoms with Gasteiger partial charge in [0.05, 0.1) is 46.3 Å². The molecule has 2 aliphatic heterocycles. The number of aliphatic imine (C=N–C) groups is 2. The molecular formula is C69H117Cl8Mn2N15O2. The zero-order valence-electron chi connectivity index (χ0n) is 57.6. The van der Waals surface area contributed by atoms with Gasteiger partial charge in [0.25, 0.3) is 0 Å². The van der Waals surface area contributed by atoms with Crippen LogP contribution in [0.1, 0.15) is 251 Å². The Morgan fingerprint density at radius 1 is 0.448 bits per heavy atom. The van der Waals surface area contributed by atoms with Crippen molar-refractivity contribution in [2.75, 3.05) is 39.3 Å². The molecule has 0 spiro atoms. The van der Waals surface area contributed by atoms with Gasteiger partial charge in [-0.15, -0.1) is 49.6 Å². The van der Waals surface area contributed by atoms with Gasteiger partial charge in [-0.1, -0.05) is 95.2 Å². The van der Waals surface area contributed by atoms with Gasteiger partial charge in [-0.3, -0.25) is 24.6 Å². The average Bonchev–Trinajstić information content (AvgIpc) is 1.30. The molecule has 0 radical (unpaired) electrons. The Morgan fingerprint density at radius 2 is 0.760 bits per heavy atom. The number of carbonyl (C=O) groups excluding carboxylic acids is 2.